The highest BCUT2D eigenvalue weighted by Gasteiger charge is 2.30. The van der Waals surface area contributed by atoms with E-state index in [2.05, 4.69) is 4.90 Å². The van der Waals surface area contributed by atoms with Crippen molar-refractivity contribution in [2.45, 2.75) is 38.1 Å². The predicted octanol–water partition coefficient (Wildman–Crippen LogP) is 5.34. The Morgan fingerprint density at radius 3 is 2.44 bits per heavy atom. The van der Waals surface area contributed by atoms with Gasteiger partial charge >= 0.3 is 12.1 Å². The van der Waals surface area contributed by atoms with Crippen LogP contribution in [-0.2, 0) is 35.1 Å². The molecule has 36 heavy (non-hydrogen) atoms. The number of nitrogens with zero attached hydrogens (tertiary/aromatic N) is 1. The number of methoxy groups -OCH3 is 1. The fourth-order valence-corrected chi connectivity index (χ4v) is 5.33. The van der Waals surface area contributed by atoms with Gasteiger partial charge < -0.3 is 14.6 Å². The van der Waals surface area contributed by atoms with E-state index in [1.165, 1.54) is 30.4 Å². The van der Waals surface area contributed by atoms with E-state index in [9.17, 15) is 23.1 Å². The number of alkyl halides is 3. The number of thiophene rings is 1. The average Bonchev–Trinajstić information content (AvgIpc) is 3.24. The molecular weight excluding hydrogens is 491 g/mol. The molecule has 1 atom stereocenters. The maximum Gasteiger partial charge on any atom is 0.416 e. The summed E-state index contributed by atoms with van der Waals surface area (Å²) < 4.78 is 49.1. The first-order valence-corrected chi connectivity index (χ1v) is 12.5. The molecular formula is C27H28F3NO4S. The molecule has 192 valence electrons. The lowest BCUT2D eigenvalue weighted by Gasteiger charge is -2.18. The number of benzene rings is 2. The summed E-state index contributed by atoms with van der Waals surface area (Å²) >= 11 is 1.60. The van der Waals surface area contributed by atoms with Crippen LogP contribution in [0.5, 0.6) is 5.75 Å². The van der Waals surface area contributed by atoms with Crippen LogP contribution in [0.15, 0.2) is 54.6 Å². The SMILES string of the molecule is COC(=O)C(CCO)Oc1ccc2c(c1)CCN(Cc1ccc(-c3ccc(C(F)(F)F)cc3)s1)CC2. The zero-order valence-electron chi connectivity index (χ0n) is 19.9. The van der Waals surface area contributed by atoms with Crippen molar-refractivity contribution in [2.24, 2.45) is 0 Å². The van der Waals surface area contributed by atoms with E-state index in [0.29, 0.717) is 5.75 Å². The Morgan fingerprint density at radius 2 is 1.78 bits per heavy atom. The van der Waals surface area contributed by atoms with Crippen LogP contribution in [0.3, 0.4) is 0 Å². The van der Waals surface area contributed by atoms with E-state index in [-0.39, 0.29) is 13.0 Å². The molecule has 1 N–H and O–H groups in total. The smallest absolute Gasteiger partial charge is 0.416 e. The van der Waals surface area contributed by atoms with Gasteiger partial charge in [0.15, 0.2) is 6.10 Å². The van der Waals surface area contributed by atoms with Gasteiger partial charge in [-0.1, -0.05) is 18.2 Å². The third kappa shape index (κ3) is 6.46. The Balaban J connectivity index is 1.38. The summed E-state index contributed by atoms with van der Waals surface area (Å²) in [6.45, 7) is 2.32. The third-order valence-electron chi connectivity index (χ3n) is 6.24. The Morgan fingerprint density at radius 1 is 1.06 bits per heavy atom. The van der Waals surface area contributed by atoms with Gasteiger partial charge in [0.2, 0.25) is 0 Å². The van der Waals surface area contributed by atoms with E-state index in [4.69, 9.17) is 9.47 Å². The summed E-state index contributed by atoms with van der Waals surface area (Å²) in [7, 11) is 1.29. The van der Waals surface area contributed by atoms with Gasteiger partial charge in [0.25, 0.3) is 0 Å². The molecule has 0 aliphatic carbocycles. The zero-order chi connectivity index (χ0) is 25.7. The third-order valence-corrected chi connectivity index (χ3v) is 7.36. The number of aliphatic hydroxyl groups excluding tert-OH is 1. The molecule has 1 aromatic heterocycles. The Kier molecular flexibility index (Phi) is 8.33. The topological polar surface area (TPSA) is 59.0 Å². The number of fused-ring (bicyclic) bond motifs is 1. The van der Waals surface area contributed by atoms with Gasteiger partial charge in [0.1, 0.15) is 5.75 Å². The second-order valence-electron chi connectivity index (χ2n) is 8.69. The molecule has 1 aliphatic rings. The van der Waals surface area contributed by atoms with Gasteiger partial charge in [0, 0.05) is 42.4 Å². The van der Waals surface area contributed by atoms with E-state index in [1.54, 1.807) is 11.3 Å². The molecule has 9 heteroatoms. The van der Waals surface area contributed by atoms with Crippen molar-refractivity contribution in [2.75, 3.05) is 26.8 Å². The summed E-state index contributed by atoms with van der Waals surface area (Å²) in [5.74, 6) is 0.0577. The summed E-state index contributed by atoms with van der Waals surface area (Å²) in [5.41, 5.74) is 2.54. The molecule has 0 amide bonds. The first kappa shape index (κ1) is 26.2. The molecule has 2 heterocycles. The fourth-order valence-electron chi connectivity index (χ4n) is 4.28. The van der Waals surface area contributed by atoms with Gasteiger partial charge in [0.05, 0.1) is 12.7 Å². The van der Waals surface area contributed by atoms with Crippen molar-refractivity contribution in [1.82, 2.24) is 4.90 Å². The molecule has 0 spiro atoms. The van der Waals surface area contributed by atoms with Crippen molar-refractivity contribution in [3.63, 3.8) is 0 Å². The van der Waals surface area contributed by atoms with Gasteiger partial charge in [-0.3, -0.25) is 4.90 Å². The molecule has 1 aliphatic heterocycles. The number of hydrogen-bond acceptors (Lipinski definition) is 6. The van der Waals surface area contributed by atoms with Crippen LogP contribution >= 0.6 is 11.3 Å². The molecule has 4 rings (SSSR count). The van der Waals surface area contributed by atoms with Crippen molar-refractivity contribution < 1.29 is 32.5 Å². The number of ether oxygens (including phenoxy) is 2. The van der Waals surface area contributed by atoms with Crippen LogP contribution in [-0.4, -0.2) is 48.9 Å². The zero-order valence-corrected chi connectivity index (χ0v) is 20.7. The van der Waals surface area contributed by atoms with Gasteiger partial charge in [-0.05, 0) is 65.9 Å². The van der Waals surface area contributed by atoms with Crippen LogP contribution in [0, 0.1) is 0 Å². The largest absolute Gasteiger partial charge is 0.479 e. The normalized spacial score (nSPS) is 15.1. The molecule has 0 radical (unpaired) electrons. The Hall–Kier alpha value is -2.88. The lowest BCUT2D eigenvalue weighted by molar-refractivity contribution is -0.149. The maximum absolute atomic E-state index is 12.8. The quantitative estimate of drug-likeness (QED) is 0.408. The molecule has 0 saturated carbocycles. The van der Waals surface area contributed by atoms with Crippen LogP contribution in [0.4, 0.5) is 13.2 Å². The Labute approximate surface area is 212 Å². The minimum Gasteiger partial charge on any atom is -0.479 e. The molecule has 0 bridgehead atoms. The number of aliphatic hydroxyl groups is 1. The van der Waals surface area contributed by atoms with Crippen LogP contribution in [0.1, 0.15) is 28.0 Å². The average molecular weight is 520 g/mol. The highest BCUT2D eigenvalue weighted by molar-refractivity contribution is 7.15. The lowest BCUT2D eigenvalue weighted by atomic mass is 10.0. The van der Waals surface area contributed by atoms with Crippen LogP contribution < -0.4 is 4.74 Å². The van der Waals surface area contributed by atoms with E-state index in [1.807, 2.05) is 30.3 Å². The van der Waals surface area contributed by atoms with E-state index >= 15 is 0 Å². The summed E-state index contributed by atoms with van der Waals surface area (Å²) in [5, 5.41) is 9.21. The number of rotatable bonds is 8. The van der Waals surface area contributed by atoms with Crippen LogP contribution in [0.2, 0.25) is 0 Å². The minimum absolute atomic E-state index is 0.160. The highest BCUT2D eigenvalue weighted by Crippen LogP contribution is 2.34. The van der Waals surface area contributed by atoms with E-state index < -0.39 is 23.8 Å². The van der Waals surface area contributed by atoms with E-state index in [0.717, 1.165) is 59.9 Å². The minimum atomic E-state index is -4.33. The van der Waals surface area contributed by atoms with Crippen molar-refractivity contribution >= 4 is 17.3 Å². The number of carbonyl (C=O) groups is 1. The second kappa shape index (κ2) is 11.5. The maximum atomic E-state index is 12.8. The summed E-state index contributed by atoms with van der Waals surface area (Å²) in [6.07, 6.45) is -3.32. The van der Waals surface area contributed by atoms with Gasteiger partial charge in [-0.2, -0.15) is 13.2 Å². The molecule has 0 fully saturated rings. The standard InChI is InChI=1S/C27H28F3NO4S/c1-34-26(33)24(12-15-32)35-22-7-4-18-10-13-31(14-11-20(18)16-22)17-23-8-9-25(36-23)19-2-5-21(6-3-19)27(28,29)30/h2-9,16,24,32H,10-15,17H2,1H3. The molecule has 2 aromatic carbocycles. The summed E-state index contributed by atoms with van der Waals surface area (Å²) in [4.78, 5) is 16.4. The monoisotopic (exact) mass is 519 g/mol. The van der Waals surface area contributed by atoms with Crippen molar-refractivity contribution in [3.8, 4) is 16.2 Å². The van der Waals surface area contributed by atoms with Crippen molar-refractivity contribution in [1.29, 1.82) is 0 Å². The molecule has 3 aromatic rings. The first-order valence-electron chi connectivity index (χ1n) is 11.7. The molecule has 1 unspecified atom stereocenters. The number of hydrogen-bond donors (Lipinski definition) is 1. The fraction of sp³-hybridized carbons (Fsp3) is 0.370. The first-order chi connectivity index (χ1) is 17.3. The Bertz CT molecular complexity index is 1180. The number of esters is 1. The predicted molar refractivity (Wildman–Crippen MR) is 132 cm³/mol. The van der Waals surface area contributed by atoms with Crippen LogP contribution in [0.25, 0.3) is 10.4 Å². The molecule has 5 nitrogen and oxygen atoms in total. The second-order valence-corrected chi connectivity index (χ2v) is 9.86. The van der Waals surface area contributed by atoms with Gasteiger partial charge in [-0.25, -0.2) is 4.79 Å². The lowest BCUT2D eigenvalue weighted by Crippen LogP contribution is -2.29. The number of halogens is 3. The van der Waals surface area contributed by atoms with Crippen molar-refractivity contribution in [3.05, 3.63) is 76.2 Å². The molecule has 0 saturated heterocycles. The number of carbonyl (C=O) groups excluding carboxylic acids is 1. The highest BCUT2D eigenvalue weighted by atomic mass is 32.1. The van der Waals surface area contributed by atoms with Gasteiger partial charge in [-0.15, -0.1) is 11.3 Å². The summed E-state index contributed by atoms with van der Waals surface area (Å²) in [6, 6.07) is 15.1.